The molecule has 8 nitrogen and oxygen atoms in total. The van der Waals surface area contributed by atoms with E-state index in [2.05, 4.69) is 6.07 Å². The number of nitrogens with zero attached hydrogens (tertiary/aromatic N) is 1. The first kappa shape index (κ1) is 36.6. The lowest BCUT2D eigenvalue weighted by atomic mass is 10.0. The minimum absolute atomic E-state index is 0.0168. The fourth-order valence-corrected chi connectivity index (χ4v) is 6.31. The first-order chi connectivity index (χ1) is 24.4. The van der Waals surface area contributed by atoms with Gasteiger partial charge in [-0.3, -0.25) is 4.18 Å². The molecule has 0 aromatic heterocycles. The van der Waals surface area contributed by atoms with Gasteiger partial charge in [0.25, 0.3) is 10.1 Å². The van der Waals surface area contributed by atoms with E-state index in [1.807, 2.05) is 128 Å². The highest BCUT2D eigenvalue weighted by Gasteiger charge is 2.41. The smallest absolute Gasteiger partial charge is 0.297 e. The van der Waals surface area contributed by atoms with Crippen LogP contribution in [0.5, 0.6) is 0 Å². The average Bonchev–Trinajstić information content (AvgIpc) is 3.15. The lowest BCUT2D eigenvalue weighted by Gasteiger charge is -2.35. The normalized spacial score (nSPS) is 13.9. The summed E-state index contributed by atoms with van der Waals surface area (Å²) >= 11 is 0. The molecular weight excluding hydrogens is 651 g/mol. The summed E-state index contributed by atoms with van der Waals surface area (Å²) in [7, 11) is -4.33. The van der Waals surface area contributed by atoms with Crippen LogP contribution in [0.1, 0.15) is 27.8 Å². The number of hydrogen-bond acceptors (Lipinski definition) is 8. The van der Waals surface area contributed by atoms with E-state index >= 15 is 0 Å². The predicted molar refractivity (Wildman–Crippen MR) is 190 cm³/mol. The Morgan fingerprint density at radius 3 is 1.44 bits per heavy atom. The van der Waals surface area contributed by atoms with Crippen LogP contribution in [0.25, 0.3) is 0 Å². The van der Waals surface area contributed by atoms with Crippen LogP contribution in [0.3, 0.4) is 0 Å². The molecule has 258 valence electrons. The maximum Gasteiger partial charge on any atom is 0.297 e. The molecule has 5 aromatic rings. The van der Waals surface area contributed by atoms with Gasteiger partial charge in [0.05, 0.1) is 44.0 Å². The van der Waals surface area contributed by atoms with E-state index in [0.717, 1.165) is 27.8 Å². The van der Waals surface area contributed by atoms with Crippen LogP contribution in [0.4, 0.5) is 0 Å². The fraction of sp³-hybridized carbons (Fsp3) is 0.244. The van der Waals surface area contributed by atoms with Gasteiger partial charge in [0, 0.05) is 0 Å². The van der Waals surface area contributed by atoms with Gasteiger partial charge >= 0.3 is 0 Å². The molecule has 0 radical (unpaired) electrons. The van der Waals surface area contributed by atoms with Gasteiger partial charge in [-0.25, -0.2) is 0 Å². The van der Waals surface area contributed by atoms with Crippen LogP contribution in [0.2, 0.25) is 0 Å². The third-order valence-corrected chi connectivity index (χ3v) is 9.26. The van der Waals surface area contributed by atoms with Crippen molar-refractivity contribution >= 4 is 10.1 Å². The van der Waals surface area contributed by atoms with Gasteiger partial charge in [0.2, 0.25) is 0 Å². The predicted octanol–water partition coefficient (Wildman–Crippen LogP) is 7.57. The maximum absolute atomic E-state index is 13.8. The molecule has 0 unspecified atom stereocenters. The summed E-state index contributed by atoms with van der Waals surface area (Å²) in [4.78, 5) is -0.0168. The quantitative estimate of drug-likeness (QED) is 0.0818. The van der Waals surface area contributed by atoms with E-state index in [1.165, 1.54) is 12.1 Å². The van der Waals surface area contributed by atoms with Crippen molar-refractivity contribution in [1.29, 1.82) is 5.26 Å². The summed E-state index contributed by atoms with van der Waals surface area (Å²) < 4.78 is 59.1. The second-order valence-corrected chi connectivity index (χ2v) is 13.3. The molecular formula is C41H41NO7S. The van der Waals surface area contributed by atoms with Crippen LogP contribution in [-0.2, 0) is 59.7 Å². The largest absolute Gasteiger partial charge is 0.374 e. The summed E-state index contributed by atoms with van der Waals surface area (Å²) in [5, 5.41) is 10.5. The fourth-order valence-electron chi connectivity index (χ4n) is 5.24. The van der Waals surface area contributed by atoms with Crippen molar-refractivity contribution in [2.45, 2.75) is 62.7 Å². The second kappa shape index (κ2) is 18.9. The third kappa shape index (κ3) is 11.2. The van der Waals surface area contributed by atoms with Crippen LogP contribution < -0.4 is 0 Å². The first-order valence-electron chi connectivity index (χ1n) is 16.4. The van der Waals surface area contributed by atoms with E-state index in [9.17, 15) is 13.7 Å². The van der Waals surface area contributed by atoms with Crippen molar-refractivity contribution in [3.8, 4) is 6.07 Å². The molecule has 0 aliphatic carbocycles. The molecule has 0 aliphatic heterocycles. The van der Waals surface area contributed by atoms with Crippen molar-refractivity contribution in [3.05, 3.63) is 173 Å². The summed E-state index contributed by atoms with van der Waals surface area (Å²) in [6, 6.07) is 46.6. The number of rotatable bonds is 19. The molecule has 5 rings (SSSR count). The van der Waals surface area contributed by atoms with Gasteiger partial charge in [0.15, 0.2) is 6.10 Å². The van der Waals surface area contributed by atoms with Crippen LogP contribution in [0.15, 0.2) is 150 Å². The summed E-state index contributed by atoms with van der Waals surface area (Å²) in [6.45, 7) is 2.17. The summed E-state index contributed by atoms with van der Waals surface area (Å²) in [6.07, 6.45) is -4.67. The molecule has 0 spiro atoms. The highest BCUT2D eigenvalue weighted by molar-refractivity contribution is 7.86. The van der Waals surface area contributed by atoms with Gasteiger partial charge in [0.1, 0.15) is 18.3 Å². The Kier molecular flexibility index (Phi) is 13.9. The molecule has 0 N–H and O–H groups in total. The van der Waals surface area contributed by atoms with E-state index in [0.29, 0.717) is 0 Å². The monoisotopic (exact) mass is 691 g/mol. The molecule has 4 atom stereocenters. The maximum atomic E-state index is 13.8. The van der Waals surface area contributed by atoms with Crippen LogP contribution in [-0.4, -0.2) is 39.4 Å². The highest BCUT2D eigenvalue weighted by atomic mass is 32.2. The van der Waals surface area contributed by atoms with E-state index in [-0.39, 0.29) is 37.9 Å². The van der Waals surface area contributed by atoms with E-state index < -0.39 is 34.5 Å². The Labute approximate surface area is 294 Å². The number of ether oxygens (including phenoxy) is 4. The van der Waals surface area contributed by atoms with Crippen molar-refractivity contribution in [1.82, 2.24) is 0 Å². The molecule has 0 amide bonds. The van der Waals surface area contributed by atoms with Crippen molar-refractivity contribution in [2.75, 3.05) is 6.61 Å². The molecule has 0 saturated heterocycles. The summed E-state index contributed by atoms with van der Waals surface area (Å²) in [5.74, 6) is 0. The molecule has 0 aliphatic rings. The first-order valence-corrected chi connectivity index (χ1v) is 17.8. The number of aryl methyl sites for hydroxylation is 1. The van der Waals surface area contributed by atoms with Crippen molar-refractivity contribution < 1.29 is 31.5 Å². The zero-order valence-corrected chi connectivity index (χ0v) is 28.7. The molecule has 0 heterocycles. The van der Waals surface area contributed by atoms with E-state index in [4.69, 9.17) is 23.1 Å². The van der Waals surface area contributed by atoms with Crippen LogP contribution >= 0.6 is 0 Å². The topological polar surface area (TPSA) is 104 Å². The molecule has 0 bridgehead atoms. The number of nitriles is 1. The summed E-state index contributed by atoms with van der Waals surface area (Å²) in [5.41, 5.74) is 4.34. The lowest BCUT2D eigenvalue weighted by molar-refractivity contribution is -0.171. The zero-order chi connectivity index (χ0) is 35.0. The molecule has 0 fully saturated rings. The average molecular weight is 692 g/mol. The Morgan fingerprint density at radius 1 is 0.560 bits per heavy atom. The van der Waals surface area contributed by atoms with Gasteiger partial charge in [-0.05, 0) is 41.3 Å². The minimum atomic E-state index is -4.33. The van der Waals surface area contributed by atoms with Gasteiger partial charge < -0.3 is 18.9 Å². The Hall–Kier alpha value is -4.66. The van der Waals surface area contributed by atoms with Gasteiger partial charge in [-0.15, -0.1) is 0 Å². The Morgan fingerprint density at radius 2 is 0.980 bits per heavy atom. The van der Waals surface area contributed by atoms with E-state index in [1.54, 1.807) is 12.1 Å². The SMILES string of the molecule is Cc1ccc(S(=O)(=O)O[C@@H](COCc2ccccc2)[C@@H](OCc2ccccc2)[C@H](OCc2ccccc2)[C@H](C#N)OCc2ccccc2)cc1. The minimum Gasteiger partial charge on any atom is -0.374 e. The lowest BCUT2D eigenvalue weighted by Crippen LogP contribution is -2.51. The Balaban J connectivity index is 1.52. The zero-order valence-electron chi connectivity index (χ0n) is 27.9. The van der Waals surface area contributed by atoms with Gasteiger partial charge in [-0.1, -0.05) is 139 Å². The molecule has 0 saturated carbocycles. The Bertz CT molecular complexity index is 1850. The molecule has 9 heteroatoms. The van der Waals surface area contributed by atoms with Crippen molar-refractivity contribution in [3.63, 3.8) is 0 Å². The second-order valence-electron chi connectivity index (χ2n) is 11.8. The molecule has 5 aromatic carbocycles. The van der Waals surface area contributed by atoms with Crippen LogP contribution in [0, 0.1) is 18.3 Å². The number of benzene rings is 5. The third-order valence-electron chi connectivity index (χ3n) is 7.91. The van der Waals surface area contributed by atoms with Gasteiger partial charge in [-0.2, -0.15) is 13.7 Å². The van der Waals surface area contributed by atoms with Crippen molar-refractivity contribution in [2.24, 2.45) is 0 Å². The number of hydrogen-bond donors (Lipinski definition) is 0. The highest BCUT2D eigenvalue weighted by Crippen LogP contribution is 2.26. The molecule has 50 heavy (non-hydrogen) atoms. The standard InChI is InChI=1S/C41H41NO7S/c1-32-22-24-37(25-23-32)50(43,44)49-39(31-45-27-33-14-6-2-7-15-33)41(48-30-36-20-12-5-13-21-36)40(47-29-35-18-10-4-11-19-35)38(26-42)46-28-34-16-8-3-9-17-34/h2-25,38-41H,27-31H2,1H3/t38-,39-,40+,41+/m0/s1.